The Balaban J connectivity index is 1.69. The Morgan fingerprint density at radius 3 is 2.27 bits per heavy atom. The van der Waals surface area contributed by atoms with Gasteiger partial charge in [-0.2, -0.15) is 0 Å². The summed E-state index contributed by atoms with van der Waals surface area (Å²) < 4.78 is 1.36. The van der Waals surface area contributed by atoms with E-state index in [2.05, 4.69) is 20.6 Å². The van der Waals surface area contributed by atoms with E-state index in [0.717, 1.165) is 11.4 Å². The van der Waals surface area contributed by atoms with Gasteiger partial charge in [0.15, 0.2) is 5.65 Å². The van der Waals surface area contributed by atoms with Crippen LogP contribution in [0, 0.1) is 0 Å². The molecule has 0 unspecified atom stereocenters. The molecular weight excluding hydrogens is 418 g/mol. The van der Waals surface area contributed by atoms with Gasteiger partial charge in [-0.3, -0.25) is 19.1 Å². The van der Waals surface area contributed by atoms with Crippen molar-refractivity contribution in [1.82, 2.24) is 14.5 Å². The fraction of sp³-hybridized carbons (Fsp3) is 0.200. The topological polar surface area (TPSA) is 109 Å². The Bertz CT molecular complexity index is 1420. The standard InChI is InChI=1S/C25H25N5O3/c1-4-30-22-21(24(32)29-25(30)33)19(14-20(28-22)15(2)3)23(31)27-18-12-10-17(11-13-18)26-16-8-6-5-7-9-16/h5-15,26H,4H2,1-3H3,(H,27,31)(H,29,32,33). The van der Waals surface area contributed by atoms with E-state index < -0.39 is 17.2 Å². The number of anilines is 3. The van der Waals surface area contributed by atoms with Crippen LogP contribution in [0.1, 0.15) is 42.7 Å². The molecule has 2 aromatic heterocycles. The summed E-state index contributed by atoms with van der Waals surface area (Å²) in [4.78, 5) is 44.9. The van der Waals surface area contributed by atoms with Crippen LogP contribution in [-0.2, 0) is 6.54 Å². The molecule has 2 heterocycles. The number of rotatable bonds is 6. The minimum absolute atomic E-state index is 0.00369. The number of para-hydroxylation sites is 1. The van der Waals surface area contributed by atoms with Crippen molar-refractivity contribution < 1.29 is 4.79 Å². The normalized spacial score (nSPS) is 11.0. The number of carbonyl (C=O) groups is 1. The van der Waals surface area contributed by atoms with Gasteiger partial charge >= 0.3 is 5.69 Å². The quantitative estimate of drug-likeness (QED) is 0.413. The SMILES string of the molecule is CCn1c(=O)[nH]c(=O)c2c(C(=O)Nc3ccc(Nc4ccccc4)cc3)cc(C(C)C)nc21. The molecule has 0 spiro atoms. The van der Waals surface area contributed by atoms with E-state index in [9.17, 15) is 14.4 Å². The van der Waals surface area contributed by atoms with Gasteiger partial charge in [0.1, 0.15) is 0 Å². The maximum Gasteiger partial charge on any atom is 0.329 e. The fourth-order valence-electron chi connectivity index (χ4n) is 3.59. The van der Waals surface area contributed by atoms with Crippen LogP contribution in [0.4, 0.5) is 17.1 Å². The van der Waals surface area contributed by atoms with E-state index in [0.29, 0.717) is 17.9 Å². The molecule has 4 rings (SSSR count). The lowest BCUT2D eigenvalue weighted by Crippen LogP contribution is -2.32. The first kappa shape index (κ1) is 22.0. The summed E-state index contributed by atoms with van der Waals surface area (Å²) in [6, 6.07) is 18.7. The minimum atomic E-state index is -0.630. The Hall–Kier alpha value is -4.20. The van der Waals surface area contributed by atoms with Crippen LogP contribution in [0.15, 0.2) is 70.3 Å². The molecule has 8 nitrogen and oxygen atoms in total. The molecule has 0 fully saturated rings. The predicted octanol–water partition coefficient (Wildman–Crippen LogP) is 4.22. The maximum atomic E-state index is 13.2. The molecule has 0 bridgehead atoms. The number of hydrogen-bond donors (Lipinski definition) is 3. The van der Waals surface area contributed by atoms with Crippen LogP contribution < -0.4 is 21.9 Å². The number of pyridine rings is 1. The summed E-state index contributed by atoms with van der Waals surface area (Å²) in [5.74, 6) is -0.441. The second kappa shape index (κ2) is 9.12. The Kier molecular flexibility index (Phi) is 6.08. The lowest BCUT2D eigenvalue weighted by molar-refractivity contribution is 0.102. The number of hydrogen-bond acceptors (Lipinski definition) is 5. The first-order valence-electron chi connectivity index (χ1n) is 10.8. The van der Waals surface area contributed by atoms with E-state index in [1.165, 1.54) is 4.57 Å². The third kappa shape index (κ3) is 4.55. The average Bonchev–Trinajstić information content (AvgIpc) is 2.80. The van der Waals surface area contributed by atoms with Gasteiger partial charge in [-0.05, 0) is 55.3 Å². The van der Waals surface area contributed by atoms with E-state index in [-0.39, 0.29) is 22.5 Å². The van der Waals surface area contributed by atoms with Gasteiger partial charge in [-0.15, -0.1) is 0 Å². The molecule has 3 N–H and O–H groups in total. The zero-order chi connectivity index (χ0) is 23.5. The number of H-pyrrole nitrogens is 1. The highest BCUT2D eigenvalue weighted by atomic mass is 16.2. The van der Waals surface area contributed by atoms with Crippen molar-refractivity contribution in [3.63, 3.8) is 0 Å². The second-order valence-corrected chi connectivity index (χ2v) is 7.97. The van der Waals surface area contributed by atoms with E-state index in [1.54, 1.807) is 25.1 Å². The highest BCUT2D eigenvalue weighted by Gasteiger charge is 2.20. The number of fused-ring (bicyclic) bond motifs is 1. The summed E-state index contributed by atoms with van der Waals surface area (Å²) in [6.07, 6.45) is 0. The minimum Gasteiger partial charge on any atom is -0.356 e. The Morgan fingerprint density at radius 1 is 1.00 bits per heavy atom. The first-order chi connectivity index (χ1) is 15.9. The Morgan fingerprint density at radius 2 is 1.64 bits per heavy atom. The van der Waals surface area contributed by atoms with Gasteiger partial charge < -0.3 is 10.6 Å². The van der Waals surface area contributed by atoms with Crippen molar-refractivity contribution in [2.75, 3.05) is 10.6 Å². The van der Waals surface area contributed by atoms with Gasteiger partial charge in [-0.1, -0.05) is 32.0 Å². The molecule has 0 saturated heterocycles. The van der Waals surface area contributed by atoms with Gasteiger partial charge in [0.25, 0.3) is 11.5 Å². The smallest absolute Gasteiger partial charge is 0.329 e. The number of aromatic amines is 1. The average molecular weight is 444 g/mol. The summed E-state index contributed by atoms with van der Waals surface area (Å²) in [7, 11) is 0. The molecule has 0 radical (unpaired) electrons. The summed E-state index contributed by atoms with van der Waals surface area (Å²) >= 11 is 0. The molecule has 2 aromatic carbocycles. The zero-order valence-corrected chi connectivity index (χ0v) is 18.7. The number of nitrogens with one attached hydrogen (secondary N) is 3. The van der Waals surface area contributed by atoms with Crippen molar-refractivity contribution >= 4 is 34.0 Å². The molecule has 33 heavy (non-hydrogen) atoms. The first-order valence-corrected chi connectivity index (χ1v) is 10.8. The number of carbonyl (C=O) groups excluding carboxylic acids is 1. The molecule has 0 aliphatic carbocycles. The molecule has 0 saturated carbocycles. The highest BCUT2D eigenvalue weighted by molar-refractivity contribution is 6.11. The second-order valence-electron chi connectivity index (χ2n) is 7.97. The van der Waals surface area contributed by atoms with Crippen molar-refractivity contribution in [2.24, 2.45) is 0 Å². The van der Waals surface area contributed by atoms with Crippen LogP contribution in [0.2, 0.25) is 0 Å². The molecule has 8 heteroatoms. The summed E-state index contributed by atoms with van der Waals surface area (Å²) in [5, 5.41) is 6.24. The van der Waals surface area contributed by atoms with E-state index in [4.69, 9.17) is 0 Å². The third-order valence-electron chi connectivity index (χ3n) is 5.33. The molecule has 4 aromatic rings. The zero-order valence-electron chi connectivity index (χ0n) is 18.7. The molecule has 168 valence electrons. The van der Waals surface area contributed by atoms with Crippen molar-refractivity contribution in [2.45, 2.75) is 33.2 Å². The van der Waals surface area contributed by atoms with Gasteiger partial charge in [-0.25, -0.2) is 9.78 Å². The van der Waals surface area contributed by atoms with Crippen LogP contribution >= 0.6 is 0 Å². The largest absolute Gasteiger partial charge is 0.356 e. The third-order valence-corrected chi connectivity index (χ3v) is 5.33. The molecule has 0 aliphatic heterocycles. The lowest BCUT2D eigenvalue weighted by Gasteiger charge is -2.14. The van der Waals surface area contributed by atoms with Crippen LogP contribution in [-0.4, -0.2) is 20.4 Å². The number of aryl methyl sites for hydroxylation is 1. The number of benzene rings is 2. The summed E-state index contributed by atoms with van der Waals surface area (Å²) in [5.41, 5.74) is 2.26. The van der Waals surface area contributed by atoms with Crippen molar-refractivity contribution in [3.8, 4) is 0 Å². The Labute approximate surface area is 190 Å². The van der Waals surface area contributed by atoms with Crippen LogP contribution in [0.5, 0.6) is 0 Å². The van der Waals surface area contributed by atoms with Crippen molar-refractivity contribution in [3.05, 3.63) is 92.8 Å². The lowest BCUT2D eigenvalue weighted by atomic mass is 10.0. The predicted molar refractivity (Wildman–Crippen MR) is 131 cm³/mol. The van der Waals surface area contributed by atoms with Gasteiger partial charge in [0.05, 0.1) is 10.9 Å². The highest BCUT2D eigenvalue weighted by Crippen LogP contribution is 2.22. The monoisotopic (exact) mass is 443 g/mol. The van der Waals surface area contributed by atoms with Crippen molar-refractivity contribution in [1.29, 1.82) is 0 Å². The van der Waals surface area contributed by atoms with Crippen LogP contribution in [0.3, 0.4) is 0 Å². The number of nitrogens with zero attached hydrogens (tertiary/aromatic N) is 2. The fourth-order valence-corrected chi connectivity index (χ4v) is 3.59. The number of aromatic nitrogens is 3. The maximum absolute atomic E-state index is 13.2. The van der Waals surface area contributed by atoms with E-state index in [1.807, 2.05) is 56.3 Å². The van der Waals surface area contributed by atoms with Crippen LogP contribution in [0.25, 0.3) is 11.0 Å². The van der Waals surface area contributed by atoms with E-state index >= 15 is 0 Å². The molecular formula is C25H25N5O3. The molecule has 0 atom stereocenters. The molecule has 0 aliphatic rings. The molecule has 1 amide bonds. The van der Waals surface area contributed by atoms with Gasteiger partial charge in [0.2, 0.25) is 0 Å². The summed E-state index contributed by atoms with van der Waals surface area (Å²) in [6.45, 7) is 5.98. The number of amides is 1. The van der Waals surface area contributed by atoms with Gasteiger partial charge in [0, 0.05) is 29.3 Å².